The Balaban J connectivity index is 2.91. The van der Waals surface area contributed by atoms with Gasteiger partial charge in [-0.15, -0.1) is 0 Å². The first-order valence-electron chi connectivity index (χ1n) is 8.22. The highest BCUT2D eigenvalue weighted by Crippen LogP contribution is 2.15. The normalized spacial score (nSPS) is 12.1. The Morgan fingerprint density at radius 2 is 2.04 bits per heavy atom. The molecule has 0 spiro atoms. The van der Waals surface area contributed by atoms with Gasteiger partial charge in [-0.1, -0.05) is 26.0 Å². The summed E-state index contributed by atoms with van der Waals surface area (Å²) in [7, 11) is 1.64. The Bertz CT molecular complexity index is 735. The number of carbonyl (C=O) groups is 3. The van der Waals surface area contributed by atoms with E-state index in [2.05, 4.69) is 10.6 Å². The van der Waals surface area contributed by atoms with Gasteiger partial charge >= 0.3 is 0 Å². The van der Waals surface area contributed by atoms with E-state index in [-0.39, 0.29) is 30.3 Å². The molecule has 0 aliphatic carbocycles. The van der Waals surface area contributed by atoms with Crippen molar-refractivity contribution < 1.29 is 14.4 Å². The molecule has 0 aliphatic rings. The molecule has 138 valence electrons. The molecule has 7 nitrogen and oxygen atoms in total. The van der Waals surface area contributed by atoms with E-state index >= 15 is 0 Å². The van der Waals surface area contributed by atoms with Crippen molar-refractivity contribution >= 4 is 23.9 Å². The van der Waals surface area contributed by atoms with Crippen LogP contribution < -0.4 is 10.6 Å². The molecule has 1 atom stereocenters. The van der Waals surface area contributed by atoms with Crippen LogP contribution in [0.2, 0.25) is 0 Å². The van der Waals surface area contributed by atoms with Gasteiger partial charge in [-0.25, -0.2) is 0 Å². The third kappa shape index (κ3) is 6.06. The molecular formula is C19H24N4O3. The quantitative estimate of drug-likeness (QED) is 0.546. The second-order valence-electron chi connectivity index (χ2n) is 6.23. The molecule has 3 amide bonds. The molecule has 0 heterocycles. The number of hydrogen-bond donors (Lipinski definition) is 2. The maximum Gasteiger partial charge on any atom is 0.251 e. The number of nitrogens with one attached hydrogen (secondary N) is 2. The van der Waals surface area contributed by atoms with Crippen LogP contribution in [0.5, 0.6) is 0 Å². The molecule has 0 radical (unpaired) electrons. The fourth-order valence-electron chi connectivity index (χ4n) is 2.40. The van der Waals surface area contributed by atoms with Gasteiger partial charge in [-0.3, -0.25) is 14.4 Å². The number of nitrogens with zero attached hydrogens (tertiary/aromatic N) is 2. The Hall–Kier alpha value is -3.14. The lowest BCUT2D eigenvalue weighted by Gasteiger charge is -2.29. The van der Waals surface area contributed by atoms with Crippen LogP contribution >= 0.6 is 0 Å². The summed E-state index contributed by atoms with van der Waals surface area (Å²) >= 11 is 0. The lowest BCUT2D eigenvalue weighted by atomic mass is 9.99. The van der Waals surface area contributed by atoms with Gasteiger partial charge < -0.3 is 15.5 Å². The minimum atomic E-state index is -0.308. The summed E-state index contributed by atoms with van der Waals surface area (Å²) in [5.41, 5.74) is 1.44. The van der Waals surface area contributed by atoms with E-state index in [1.54, 1.807) is 44.3 Å². The molecule has 0 unspecified atom stereocenters. The second-order valence-corrected chi connectivity index (χ2v) is 6.23. The number of amides is 3. The predicted molar refractivity (Wildman–Crippen MR) is 99.0 cm³/mol. The average Bonchev–Trinajstić information content (AvgIpc) is 2.63. The van der Waals surface area contributed by atoms with Gasteiger partial charge in [0.2, 0.25) is 12.3 Å². The SMILES string of the molecule is C/C(=C\[C@H](C(C)C)N(C)C(=O)CNC=O)C(=O)Nc1cccc(C#N)c1. The fraction of sp³-hybridized carbons (Fsp3) is 0.368. The van der Waals surface area contributed by atoms with E-state index in [4.69, 9.17) is 5.26 Å². The van der Waals surface area contributed by atoms with Crippen molar-refractivity contribution in [1.82, 2.24) is 10.2 Å². The molecule has 0 aromatic heterocycles. The third-order valence-corrected chi connectivity index (χ3v) is 3.89. The van der Waals surface area contributed by atoms with E-state index in [1.165, 1.54) is 4.90 Å². The summed E-state index contributed by atoms with van der Waals surface area (Å²) in [5.74, 6) is -0.482. The van der Waals surface area contributed by atoms with Crippen molar-refractivity contribution in [3.8, 4) is 6.07 Å². The van der Waals surface area contributed by atoms with Crippen LogP contribution in [0.1, 0.15) is 26.3 Å². The highest BCUT2D eigenvalue weighted by atomic mass is 16.2. The zero-order chi connectivity index (χ0) is 19.7. The van der Waals surface area contributed by atoms with Gasteiger partial charge in [0.1, 0.15) is 0 Å². The highest BCUT2D eigenvalue weighted by molar-refractivity contribution is 6.03. The topological polar surface area (TPSA) is 102 Å². The number of rotatable bonds is 8. The molecule has 0 aliphatic heterocycles. The summed E-state index contributed by atoms with van der Waals surface area (Å²) in [4.78, 5) is 36.4. The first kappa shape index (κ1) is 20.9. The molecule has 0 fully saturated rings. The summed E-state index contributed by atoms with van der Waals surface area (Å²) < 4.78 is 0. The van der Waals surface area contributed by atoms with Crippen molar-refractivity contribution in [2.75, 3.05) is 18.9 Å². The third-order valence-electron chi connectivity index (χ3n) is 3.89. The van der Waals surface area contributed by atoms with E-state index < -0.39 is 0 Å². The number of carbonyl (C=O) groups excluding carboxylic acids is 3. The number of likely N-dealkylation sites (N-methyl/N-ethyl adjacent to an activating group) is 1. The van der Waals surface area contributed by atoms with Crippen molar-refractivity contribution in [3.63, 3.8) is 0 Å². The molecule has 7 heteroatoms. The summed E-state index contributed by atoms with van der Waals surface area (Å²) in [6.07, 6.45) is 2.20. The smallest absolute Gasteiger partial charge is 0.251 e. The Morgan fingerprint density at radius 3 is 2.62 bits per heavy atom. The number of hydrogen-bond acceptors (Lipinski definition) is 4. The number of benzene rings is 1. The van der Waals surface area contributed by atoms with E-state index in [0.29, 0.717) is 23.2 Å². The van der Waals surface area contributed by atoms with E-state index in [9.17, 15) is 14.4 Å². The minimum Gasteiger partial charge on any atom is -0.350 e. The molecule has 1 aromatic rings. The van der Waals surface area contributed by atoms with Crippen molar-refractivity contribution in [2.24, 2.45) is 5.92 Å². The van der Waals surface area contributed by atoms with Gasteiger partial charge in [-0.05, 0) is 31.0 Å². The van der Waals surface area contributed by atoms with Crippen LogP contribution in [0.15, 0.2) is 35.9 Å². The monoisotopic (exact) mass is 356 g/mol. The zero-order valence-corrected chi connectivity index (χ0v) is 15.4. The summed E-state index contributed by atoms with van der Waals surface area (Å²) in [6.45, 7) is 5.46. The Kier molecular flexibility index (Phi) is 8.03. The van der Waals surface area contributed by atoms with Crippen molar-refractivity contribution in [3.05, 3.63) is 41.5 Å². The zero-order valence-electron chi connectivity index (χ0n) is 15.4. The van der Waals surface area contributed by atoms with Gasteiger partial charge in [0, 0.05) is 18.3 Å². The van der Waals surface area contributed by atoms with Crippen LogP contribution in [-0.2, 0) is 14.4 Å². The minimum absolute atomic E-state index is 0.0739. The van der Waals surface area contributed by atoms with Crippen LogP contribution in [0.4, 0.5) is 5.69 Å². The molecular weight excluding hydrogens is 332 g/mol. The summed E-state index contributed by atoms with van der Waals surface area (Å²) in [6, 6.07) is 8.36. The van der Waals surface area contributed by atoms with E-state index in [0.717, 1.165) is 0 Å². The lowest BCUT2D eigenvalue weighted by Crippen LogP contribution is -2.43. The van der Waals surface area contributed by atoms with Gasteiger partial charge in [0.05, 0.1) is 24.2 Å². The maximum atomic E-state index is 12.4. The Morgan fingerprint density at radius 1 is 1.35 bits per heavy atom. The lowest BCUT2D eigenvalue weighted by molar-refractivity contribution is -0.132. The predicted octanol–water partition coefficient (Wildman–Crippen LogP) is 1.67. The standard InChI is InChI=1S/C19H24N4O3/c1-13(2)17(23(4)18(25)11-21-12-24)8-14(3)19(26)22-16-7-5-6-15(9-16)10-20/h5-9,12-13,17H,11H2,1-4H3,(H,21,24)(H,22,26)/b14-8+/t17-/m1/s1. The summed E-state index contributed by atoms with van der Waals surface area (Å²) in [5, 5.41) is 14.0. The molecule has 0 bridgehead atoms. The van der Waals surface area contributed by atoms with Crippen LogP contribution in [-0.4, -0.2) is 42.8 Å². The van der Waals surface area contributed by atoms with Gasteiger partial charge in [-0.2, -0.15) is 5.26 Å². The van der Waals surface area contributed by atoms with Crippen LogP contribution in [0, 0.1) is 17.2 Å². The molecule has 1 aromatic carbocycles. The highest BCUT2D eigenvalue weighted by Gasteiger charge is 2.22. The van der Waals surface area contributed by atoms with Crippen molar-refractivity contribution in [1.29, 1.82) is 5.26 Å². The molecule has 0 saturated heterocycles. The molecule has 26 heavy (non-hydrogen) atoms. The van der Waals surface area contributed by atoms with E-state index in [1.807, 2.05) is 19.9 Å². The molecule has 0 saturated carbocycles. The maximum absolute atomic E-state index is 12.4. The fourth-order valence-corrected chi connectivity index (χ4v) is 2.40. The van der Waals surface area contributed by atoms with Crippen LogP contribution in [0.3, 0.4) is 0 Å². The number of nitriles is 1. The average molecular weight is 356 g/mol. The first-order valence-corrected chi connectivity index (χ1v) is 8.22. The Labute approximate surface area is 153 Å². The first-order chi connectivity index (χ1) is 12.3. The molecule has 2 N–H and O–H groups in total. The largest absolute Gasteiger partial charge is 0.350 e. The van der Waals surface area contributed by atoms with Crippen molar-refractivity contribution in [2.45, 2.75) is 26.8 Å². The van der Waals surface area contributed by atoms with Gasteiger partial charge in [0.15, 0.2) is 0 Å². The molecule has 1 rings (SSSR count). The van der Waals surface area contributed by atoms with Crippen LogP contribution in [0.25, 0.3) is 0 Å². The second kappa shape index (κ2) is 9.99. The number of anilines is 1. The van der Waals surface area contributed by atoms with Gasteiger partial charge in [0.25, 0.3) is 5.91 Å².